The number of aryl methyl sites for hydroxylation is 1. The van der Waals surface area contributed by atoms with E-state index in [1.807, 2.05) is 54.1 Å². The van der Waals surface area contributed by atoms with E-state index in [0.717, 1.165) is 28.3 Å². The summed E-state index contributed by atoms with van der Waals surface area (Å²) >= 11 is 6.18. The molecule has 3 aromatic heterocycles. The van der Waals surface area contributed by atoms with Crippen LogP contribution < -0.4 is 5.32 Å². The van der Waals surface area contributed by atoms with Crippen LogP contribution in [0.5, 0.6) is 0 Å². The maximum Gasteiger partial charge on any atom is 0.177 e. The van der Waals surface area contributed by atoms with Gasteiger partial charge in [-0.3, -0.25) is 0 Å². The van der Waals surface area contributed by atoms with Gasteiger partial charge in [0.15, 0.2) is 11.6 Å². The number of hydrogen-bond acceptors (Lipinski definition) is 4. The second-order valence-electron chi connectivity index (χ2n) is 5.13. The number of nitrogens with one attached hydrogen (secondary N) is 1. The molecule has 1 aromatic carbocycles. The molecule has 0 saturated heterocycles. The Kier molecular flexibility index (Phi) is 3.28. The predicted octanol–water partition coefficient (Wildman–Crippen LogP) is 4.63. The molecule has 0 bridgehead atoms. The van der Waals surface area contributed by atoms with Crippen molar-refractivity contribution in [2.24, 2.45) is 7.05 Å². The molecule has 0 unspecified atom stereocenters. The van der Waals surface area contributed by atoms with Crippen LogP contribution in [0.25, 0.3) is 22.6 Å². The first-order valence-electron chi connectivity index (χ1n) is 7.10. The smallest absolute Gasteiger partial charge is 0.177 e. The van der Waals surface area contributed by atoms with Crippen molar-refractivity contribution in [3.8, 4) is 11.6 Å². The van der Waals surface area contributed by atoms with E-state index < -0.39 is 0 Å². The molecule has 0 aliphatic carbocycles. The number of para-hydroxylation sites is 1. The maximum absolute atomic E-state index is 6.18. The Balaban J connectivity index is 1.76. The minimum atomic E-state index is 0.649. The van der Waals surface area contributed by atoms with Crippen molar-refractivity contribution in [3.05, 3.63) is 59.9 Å². The van der Waals surface area contributed by atoms with Crippen molar-refractivity contribution >= 4 is 34.1 Å². The highest BCUT2D eigenvalue weighted by atomic mass is 35.5. The van der Waals surface area contributed by atoms with E-state index in [0.29, 0.717) is 10.8 Å². The molecular formula is C17H13ClN4O. The number of benzene rings is 1. The average molecular weight is 325 g/mol. The minimum Gasteiger partial charge on any atom is -0.461 e. The summed E-state index contributed by atoms with van der Waals surface area (Å²) in [4.78, 5) is 8.98. The van der Waals surface area contributed by atoms with Crippen molar-refractivity contribution in [1.82, 2.24) is 14.5 Å². The zero-order valence-corrected chi connectivity index (χ0v) is 13.1. The van der Waals surface area contributed by atoms with Crippen LogP contribution in [0.1, 0.15) is 0 Å². The Hall–Kier alpha value is -2.79. The zero-order chi connectivity index (χ0) is 15.8. The van der Waals surface area contributed by atoms with E-state index >= 15 is 0 Å². The van der Waals surface area contributed by atoms with E-state index in [9.17, 15) is 0 Å². The molecule has 4 aromatic rings. The molecule has 1 N–H and O–H groups in total. The summed E-state index contributed by atoms with van der Waals surface area (Å²) < 4.78 is 7.41. The van der Waals surface area contributed by atoms with Gasteiger partial charge in [0.1, 0.15) is 11.3 Å². The molecule has 4 rings (SSSR count). The largest absolute Gasteiger partial charge is 0.461 e. The normalized spacial score (nSPS) is 11.0. The van der Waals surface area contributed by atoms with Crippen LogP contribution in [0.4, 0.5) is 11.5 Å². The molecule has 0 aliphatic rings. The zero-order valence-electron chi connectivity index (χ0n) is 12.3. The van der Waals surface area contributed by atoms with Gasteiger partial charge in [-0.1, -0.05) is 23.7 Å². The second kappa shape index (κ2) is 5.44. The topological polar surface area (TPSA) is 55.9 Å². The molecule has 0 fully saturated rings. The molecule has 0 radical (unpaired) electrons. The van der Waals surface area contributed by atoms with Crippen molar-refractivity contribution in [3.63, 3.8) is 0 Å². The SMILES string of the molecule is Cn1c(-c2ccco2)nc2cnc(Nc3ccccc3Cl)cc21. The summed E-state index contributed by atoms with van der Waals surface area (Å²) in [7, 11) is 1.95. The molecule has 5 nitrogen and oxygen atoms in total. The van der Waals surface area contributed by atoms with Crippen LogP contribution >= 0.6 is 11.6 Å². The van der Waals surface area contributed by atoms with Gasteiger partial charge in [-0.05, 0) is 24.3 Å². The monoisotopic (exact) mass is 324 g/mol. The Morgan fingerprint density at radius 1 is 1.17 bits per heavy atom. The number of hydrogen-bond donors (Lipinski definition) is 1. The molecule has 0 spiro atoms. The quantitative estimate of drug-likeness (QED) is 0.597. The lowest BCUT2D eigenvalue weighted by atomic mass is 10.3. The highest BCUT2D eigenvalue weighted by molar-refractivity contribution is 6.33. The lowest BCUT2D eigenvalue weighted by Gasteiger charge is -2.07. The average Bonchev–Trinajstić information content (AvgIpc) is 3.18. The van der Waals surface area contributed by atoms with Gasteiger partial charge in [0.2, 0.25) is 0 Å². The Labute approximate surface area is 137 Å². The first-order valence-corrected chi connectivity index (χ1v) is 7.48. The van der Waals surface area contributed by atoms with Crippen molar-refractivity contribution in [1.29, 1.82) is 0 Å². The van der Waals surface area contributed by atoms with Crippen LogP contribution in [-0.4, -0.2) is 14.5 Å². The molecule has 0 saturated carbocycles. The number of nitrogens with zero attached hydrogens (tertiary/aromatic N) is 3. The van der Waals surface area contributed by atoms with Crippen LogP contribution in [0.2, 0.25) is 5.02 Å². The van der Waals surface area contributed by atoms with Crippen molar-refractivity contribution < 1.29 is 4.42 Å². The maximum atomic E-state index is 6.18. The van der Waals surface area contributed by atoms with E-state index in [2.05, 4.69) is 15.3 Å². The Morgan fingerprint density at radius 2 is 2.04 bits per heavy atom. The standard InChI is InChI=1S/C17H13ClN4O/c1-22-14-9-16(20-12-6-3-2-5-11(12)18)19-10-13(14)21-17(22)15-7-4-8-23-15/h2-10H,1H3,(H,19,20). The fourth-order valence-electron chi connectivity index (χ4n) is 2.49. The number of rotatable bonds is 3. The van der Waals surface area contributed by atoms with Gasteiger partial charge in [-0.2, -0.15) is 0 Å². The highest BCUT2D eigenvalue weighted by Crippen LogP contribution is 2.28. The fourth-order valence-corrected chi connectivity index (χ4v) is 2.67. The van der Waals surface area contributed by atoms with Crippen LogP contribution in [0, 0.1) is 0 Å². The second-order valence-corrected chi connectivity index (χ2v) is 5.54. The molecule has 114 valence electrons. The molecule has 0 aliphatic heterocycles. The number of furan rings is 1. The molecular weight excluding hydrogens is 312 g/mol. The van der Waals surface area contributed by atoms with E-state index in [4.69, 9.17) is 16.0 Å². The molecule has 6 heteroatoms. The van der Waals surface area contributed by atoms with Gasteiger partial charge in [-0.25, -0.2) is 9.97 Å². The van der Waals surface area contributed by atoms with Crippen LogP contribution in [0.15, 0.2) is 59.3 Å². The van der Waals surface area contributed by atoms with E-state index in [-0.39, 0.29) is 0 Å². The first kappa shape index (κ1) is 13.8. The van der Waals surface area contributed by atoms with Crippen LogP contribution in [0.3, 0.4) is 0 Å². The van der Waals surface area contributed by atoms with Gasteiger partial charge in [-0.15, -0.1) is 0 Å². The number of imidazole rings is 1. The Bertz CT molecular complexity index is 976. The number of pyridine rings is 1. The van der Waals surface area contributed by atoms with Gasteiger partial charge in [0, 0.05) is 13.1 Å². The summed E-state index contributed by atoms with van der Waals surface area (Å²) in [5, 5.41) is 3.88. The lowest BCUT2D eigenvalue weighted by molar-refractivity contribution is 0.574. The third-order valence-electron chi connectivity index (χ3n) is 3.65. The van der Waals surface area contributed by atoms with Gasteiger partial charge < -0.3 is 14.3 Å². The summed E-state index contributed by atoms with van der Waals surface area (Å²) in [6.07, 6.45) is 3.37. The molecule has 0 amide bonds. The number of aromatic nitrogens is 3. The predicted molar refractivity (Wildman–Crippen MR) is 90.9 cm³/mol. The summed E-state index contributed by atoms with van der Waals surface area (Å²) in [5.41, 5.74) is 2.58. The summed E-state index contributed by atoms with van der Waals surface area (Å²) in [6.45, 7) is 0. The molecule has 23 heavy (non-hydrogen) atoms. The van der Waals surface area contributed by atoms with Crippen LogP contribution in [-0.2, 0) is 7.05 Å². The van der Waals surface area contributed by atoms with E-state index in [1.54, 1.807) is 12.5 Å². The first-order chi connectivity index (χ1) is 11.2. The molecule has 0 atom stereocenters. The third-order valence-corrected chi connectivity index (χ3v) is 3.97. The number of fused-ring (bicyclic) bond motifs is 1. The van der Waals surface area contributed by atoms with Gasteiger partial charge in [0.05, 0.1) is 28.7 Å². The summed E-state index contributed by atoms with van der Waals surface area (Å²) in [6, 6.07) is 13.2. The van der Waals surface area contributed by atoms with E-state index in [1.165, 1.54) is 0 Å². The number of halogens is 1. The fraction of sp³-hybridized carbons (Fsp3) is 0.0588. The Morgan fingerprint density at radius 3 is 2.83 bits per heavy atom. The minimum absolute atomic E-state index is 0.649. The highest BCUT2D eigenvalue weighted by Gasteiger charge is 2.13. The third kappa shape index (κ3) is 2.45. The summed E-state index contributed by atoms with van der Waals surface area (Å²) in [5.74, 6) is 2.20. The van der Waals surface area contributed by atoms with Crippen molar-refractivity contribution in [2.45, 2.75) is 0 Å². The van der Waals surface area contributed by atoms with Gasteiger partial charge >= 0.3 is 0 Å². The lowest BCUT2D eigenvalue weighted by Crippen LogP contribution is -1.95. The van der Waals surface area contributed by atoms with Crippen molar-refractivity contribution in [2.75, 3.05) is 5.32 Å². The molecule has 3 heterocycles. The van der Waals surface area contributed by atoms with Gasteiger partial charge in [0.25, 0.3) is 0 Å². The number of anilines is 2.